The van der Waals surface area contributed by atoms with Gasteiger partial charge in [0.1, 0.15) is 5.02 Å². The van der Waals surface area contributed by atoms with Gasteiger partial charge < -0.3 is 10.6 Å². The zero-order valence-electron chi connectivity index (χ0n) is 18.7. The molecule has 0 radical (unpaired) electrons. The van der Waals surface area contributed by atoms with Crippen molar-refractivity contribution in [2.45, 2.75) is 12.8 Å². The Morgan fingerprint density at radius 2 is 1.85 bits per heavy atom. The summed E-state index contributed by atoms with van der Waals surface area (Å²) in [6, 6.07) is 14.9. The van der Waals surface area contributed by atoms with E-state index in [1.54, 1.807) is 30.8 Å². The lowest BCUT2D eigenvalue weighted by molar-refractivity contribution is -0.117. The number of nitrogens with zero attached hydrogens (tertiary/aromatic N) is 4. The number of anilines is 3. The third kappa shape index (κ3) is 5.05. The van der Waals surface area contributed by atoms with Gasteiger partial charge in [-0.25, -0.2) is 9.19 Å². The Labute approximate surface area is 202 Å². The lowest BCUT2D eigenvalue weighted by Gasteiger charge is -2.11. The van der Waals surface area contributed by atoms with E-state index in [9.17, 15) is 9.00 Å². The van der Waals surface area contributed by atoms with Gasteiger partial charge in [0.15, 0.2) is 5.82 Å². The van der Waals surface area contributed by atoms with Crippen LogP contribution in [-0.4, -0.2) is 37.2 Å². The van der Waals surface area contributed by atoms with E-state index in [0.717, 1.165) is 35.1 Å². The van der Waals surface area contributed by atoms with Crippen molar-refractivity contribution in [1.29, 1.82) is 0 Å². The summed E-state index contributed by atoms with van der Waals surface area (Å²) < 4.78 is 17.9. The number of nitrogens with one attached hydrogen (secondary N) is 2. The summed E-state index contributed by atoms with van der Waals surface area (Å²) in [7, 11) is -2.22. The number of rotatable bonds is 6. The molecule has 8 nitrogen and oxygen atoms in total. The van der Waals surface area contributed by atoms with Gasteiger partial charge in [0.25, 0.3) is 0 Å². The van der Waals surface area contributed by atoms with Crippen molar-refractivity contribution in [3.63, 3.8) is 0 Å². The Bertz CT molecular complexity index is 1510. The van der Waals surface area contributed by atoms with Gasteiger partial charge >= 0.3 is 0 Å². The quantitative estimate of drug-likeness (QED) is 0.367. The first kappa shape index (κ1) is 22.4. The van der Waals surface area contributed by atoms with Gasteiger partial charge in [-0.05, 0) is 61.4 Å². The smallest absolute Gasteiger partial charge is 0.229 e. The molecule has 34 heavy (non-hydrogen) atoms. The van der Waals surface area contributed by atoms with E-state index in [1.807, 2.05) is 47.2 Å². The van der Waals surface area contributed by atoms with Gasteiger partial charge in [-0.3, -0.25) is 9.36 Å². The monoisotopic (exact) mass is 494 g/mol. The molecule has 0 aliphatic heterocycles. The van der Waals surface area contributed by atoms with Crippen LogP contribution in [0, 0.1) is 5.92 Å². The second-order valence-corrected chi connectivity index (χ2v) is 11.5. The number of aromatic nitrogens is 3. The summed E-state index contributed by atoms with van der Waals surface area (Å²) >= 11 is 6.44. The third-order valence-electron chi connectivity index (χ3n) is 5.31. The van der Waals surface area contributed by atoms with Crippen LogP contribution < -0.4 is 10.6 Å². The van der Waals surface area contributed by atoms with Gasteiger partial charge in [-0.2, -0.15) is 9.35 Å². The van der Waals surface area contributed by atoms with E-state index in [4.69, 9.17) is 11.6 Å². The van der Waals surface area contributed by atoms with Crippen LogP contribution in [0.4, 0.5) is 23.0 Å². The summed E-state index contributed by atoms with van der Waals surface area (Å²) in [6.07, 6.45) is 8.56. The Balaban J connectivity index is 1.40. The minimum absolute atomic E-state index is 0.0769. The third-order valence-corrected chi connectivity index (χ3v) is 6.23. The molecule has 174 valence electrons. The summed E-state index contributed by atoms with van der Waals surface area (Å²) in [5, 5.41) is 7.51. The van der Waals surface area contributed by atoms with Crippen molar-refractivity contribution < 1.29 is 9.00 Å². The second-order valence-electron chi connectivity index (χ2n) is 8.53. The molecule has 2 aromatic heterocycles. The first-order valence-corrected chi connectivity index (χ1v) is 13.5. The highest BCUT2D eigenvalue weighted by molar-refractivity contribution is 7.92. The maximum absolute atomic E-state index is 12.1. The average Bonchev–Trinajstić information content (AvgIpc) is 3.56. The van der Waals surface area contributed by atoms with Crippen LogP contribution in [-0.2, 0) is 14.5 Å². The topological polar surface area (TPSA) is 101 Å². The first-order chi connectivity index (χ1) is 16.2. The van der Waals surface area contributed by atoms with Crippen molar-refractivity contribution >= 4 is 61.2 Å². The fourth-order valence-corrected chi connectivity index (χ4v) is 4.38. The number of halogens is 1. The number of hydrogen-bond donors (Lipinski definition) is 2. The van der Waals surface area contributed by atoms with Crippen LogP contribution in [0.25, 0.3) is 16.7 Å². The number of fused-ring (bicyclic) bond motifs is 1. The zero-order chi connectivity index (χ0) is 23.9. The molecule has 2 heterocycles. The summed E-state index contributed by atoms with van der Waals surface area (Å²) in [5.41, 5.74) is 3.09. The van der Waals surface area contributed by atoms with E-state index >= 15 is 0 Å². The minimum Gasteiger partial charge on any atom is -0.326 e. The predicted molar refractivity (Wildman–Crippen MR) is 137 cm³/mol. The largest absolute Gasteiger partial charge is 0.326 e. The van der Waals surface area contributed by atoms with Crippen LogP contribution in [0.15, 0.2) is 65.3 Å². The number of carbonyl (C=O) groups excluding carboxylic acids is 1. The average molecular weight is 495 g/mol. The van der Waals surface area contributed by atoms with E-state index in [1.165, 1.54) is 0 Å². The molecular formula is C24H23ClN6O2S. The van der Waals surface area contributed by atoms with Crippen LogP contribution in [0.5, 0.6) is 0 Å². The molecule has 0 unspecified atom stereocenters. The Kier molecular flexibility index (Phi) is 5.75. The van der Waals surface area contributed by atoms with Crippen LogP contribution in [0.2, 0.25) is 5.02 Å². The fourth-order valence-electron chi connectivity index (χ4n) is 3.57. The van der Waals surface area contributed by atoms with Gasteiger partial charge in [-0.15, -0.1) is 0 Å². The van der Waals surface area contributed by atoms with Crippen molar-refractivity contribution in [1.82, 2.24) is 14.5 Å². The maximum atomic E-state index is 12.1. The second kappa shape index (κ2) is 8.73. The predicted octanol–water partition coefficient (Wildman–Crippen LogP) is 5.53. The van der Waals surface area contributed by atoms with Crippen LogP contribution in [0.1, 0.15) is 12.8 Å². The molecular weight excluding hydrogens is 472 g/mol. The fraction of sp³-hybridized carbons (Fsp3) is 0.208. The van der Waals surface area contributed by atoms with Crippen LogP contribution >= 0.6 is 11.6 Å². The number of benzene rings is 2. The van der Waals surface area contributed by atoms with Crippen molar-refractivity contribution in [3.8, 4) is 5.82 Å². The molecule has 1 aliphatic carbocycles. The molecule has 1 saturated carbocycles. The Morgan fingerprint density at radius 1 is 1.12 bits per heavy atom. The molecule has 1 aliphatic rings. The van der Waals surface area contributed by atoms with Gasteiger partial charge in [0.05, 0.1) is 17.4 Å². The van der Waals surface area contributed by atoms with Gasteiger partial charge in [0, 0.05) is 51.1 Å². The molecule has 0 atom stereocenters. The molecule has 0 saturated heterocycles. The normalized spacial score (nSPS) is 13.6. The lowest BCUT2D eigenvalue weighted by Crippen LogP contribution is -2.13. The van der Waals surface area contributed by atoms with E-state index in [2.05, 4.69) is 25.0 Å². The van der Waals surface area contributed by atoms with Crippen molar-refractivity contribution in [3.05, 3.63) is 65.9 Å². The lowest BCUT2D eigenvalue weighted by atomic mass is 10.2. The molecule has 10 heteroatoms. The van der Waals surface area contributed by atoms with E-state index in [-0.39, 0.29) is 11.8 Å². The number of carbonyl (C=O) groups is 1. The highest BCUT2D eigenvalue weighted by Gasteiger charge is 2.29. The molecule has 1 amide bonds. The van der Waals surface area contributed by atoms with Crippen LogP contribution in [0.3, 0.4) is 0 Å². The summed E-state index contributed by atoms with van der Waals surface area (Å²) in [5.74, 6) is 1.14. The van der Waals surface area contributed by atoms with Crippen molar-refractivity contribution in [2.24, 2.45) is 10.3 Å². The number of hydrogen-bond acceptors (Lipinski definition) is 6. The summed E-state index contributed by atoms with van der Waals surface area (Å²) in [4.78, 5) is 21.0. The first-order valence-electron chi connectivity index (χ1n) is 10.7. The molecule has 0 bridgehead atoms. The summed E-state index contributed by atoms with van der Waals surface area (Å²) in [6.45, 7) is 0. The molecule has 2 aromatic carbocycles. The molecule has 5 rings (SSSR count). The Morgan fingerprint density at radius 3 is 2.56 bits per heavy atom. The molecule has 1 fully saturated rings. The maximum Gasteiger partial charge on any atom is 0.229 e. The van der Waals surface area contributed by atoms with E-state index in [0.29, 0.717) is 22.5 Å². The standard InChI is InChI=1S/C24H23ClN6O2S/c1-34(2,33)30-18-7-5-17(6-8-18)28-24-26-14-20(25)22(29-24)31-12-11-16-13-19(9-10-21(16)31)27-23(32)15-3-4-15/h5-15H,3-4H2,1-2H3,(H,27,32)(H,26,28,29). The Hall–Kier alpha value is -3.43. The minimum atomic E-state index is -2.22. The van der Waals surface area contributed by atoms with Crippen molar-refractivity contribution in [2.75, 3.05) is 23.1 Å². The molecule has 2 N–H and O–H groups in total. The molecule has 4 aromatic rings. The zero-order valence-corrected chi connectivity index (χ0v) is 20.2. The highest BCUT2D eigenvalue weighted by atomic mass is 35.5. The van der Waals surface area contributed by atoms with E-state index < -0.39 is 9.73 Å². The SMILES string of the molecule is CS(C)(=O)=Nc1ccc(Nc2ncc(Cl)c(-n3ccc4cc(NC(=O)C5CC5)ccc43)n2)cc1. The molecule has 0 spiro atoms. The van der Waals surface area contributed by atoms with Gasteiger partial charge in [-0.1, -0.05) is 11.6 Å². The number of amides is 1. The highest BCUT2D eigenvalue weighted by Crippen LogP contribution is 2.31. The van der Waals surface area contributed by atoms with Gasteiger partial charge in [0.2, 0.25) is 11.9 Å².